The molecule has 7 nitrogen and oxygen atoms in total. The van der Waals surface area contributed by atoms with E-state index < -0.39 is 12.5 Å². The highest BCUT2D eigenvalue weighted by molar-refractivity contribution is 6.30. The molecule has 3 unspecified atom stereocenters. The maximum absolute atomic E-state index is 12.8. The Morgan fingerprint density at radius 3 is 2.34 bits per heavy atom. The summed E-state index contributed by atoms with van der Waals surface area (Å²) in [6.07, 6.45) is -1.21. The molecule has 0 aliphatic carbocycles. The van der Waals surface area contributed by atoms with Gasteiger partial charge in [-0.2, -0.15) is 0 Å². The molecule has 5 rings (SSSR count). The lowest BCUT2D eigenvalue weighted by Gasteiger charge is -2.51. The SMILES string of the molecule is O=C(NCCC(C(O)c1ccc(Cl)cc1)N1CCCC2(CCCN(c3ccc(OC(F)(F)F)cc3)C2)C1)c1ccccc1O. The molecule has 1 amide bonds. The fourth-order valence-electron chi connectivity index (χ4n) is 6.67. The second-order valence-corrected chi connectivity index (χ2v) is 12.2. The van der Waals surface area contributed by atoms with Gasteiger partial charge in [0.05, 0.1) is 11.7 Å². The fourth-order valence-corrected chi connectivity index (χ4v) is 6.79. The average molecular weight is 632 g/mol. The highest BCUT2D eigenvalue weighted by atomic mass is 35.5. The van der Waals surface area contributed by atoms with Gasteiger partial charge in [0.1, 0.15) is 11.5 Å². The third-order valence-electron chi connectivity index (χ3n) is 8.71. The predicted molar refractivity (Wildman–Crippen MR) is 163 cm³/mol. The van der Waals surface area contributed by atoms with Crippen molar-refractivity contribution in [1.82, 2.24) is 10.2 Å². The largest absolute Gasteiger partial charge is 0.573 e. The number of aliphatic hydroxyl groups excluding tert-OH is 1. The van der Waals surface area contributed by atoms with Gasteiger partial charge in [-0.3, -0.25) is 9.69 Å². The lowest BCUT2D eigenvalue weighted by Crippen LogP contribution is -2.56. The zero-order valence-corrected chi connectivity index (χ0v) is 25.0. The molecule has 44 heavy (non-hydrogen) atoms. The predicted octanol–water partition coefficient (Wildman–Crippen LogP) is 6.55. The molecule has 0 aromatic heterocycles. The molecule has 1 spiro atoms. The topological polar surface area (TPSA) is 85.3 Å². The number of amides is 1. The summed E-state index contributed by atoms with van der Waals surface area (Å²) in [5.74, 6) is -0.719. The Hall–Kier alpha value is -3.47. The van der Waals surface area contributed by atoms with Crippen molar-refractivity contribution >= 4 is 23.2 Å². The van der Waals surface area contributed by atoms with Gasteiger partial charge in [0.2, 0.25) is 0 Å². The quantitative estimate of drug-likeness (QED) is 0.248. The minimum atomic E-state index is -4.73. The number of likely N-dealkylation sites (tertiary alicyclic amines) is 1. The number of aliphatic hydroxyl groups is 1. The molecule has 2 aliphatic heterocycles. The van der Waals surface area contributed by atoms with Gasteiger partial charge in [-0.1, -0.05) is 35.9 Å². The van der Waals surface area contributed by atoms with Gasteiger partial charge in [-0.05, 0) is 92.7 Å². The van der Waals surface area contributed by atoms with Crippen molar-refractivity contribution in [2.75, 3.05) is 37.6 Å². The molecule has 236 valence electrons. The molecule has 2 fully saturated rings. The van der Waals surface area contributed by atoms with E-state index in [0.29, 0.717) is 18.0 Å². The molecule has 0 saturated carbocycles. The molecule has 3 aromatic carbocycles. The zero-order valence-electron chi connectivity index (χ0n) is 24.3. The molecular weight excluding hydrogens is 595 g/mol. The van der Waals surface area contributed by atoms with E-state index in [4.69, 9.17) is 11.6 Å². The number of halogens is 4. The standard InChI is InChI=1S/C33H37ClF3N3O4/c34-24-9-7-23(8-10-24)30(42)28(15-18-38-31(43)27-5-1-2-6-29(27)41)40-20-4-17-32(22-40)16-3-19-39(21-32)25-11-13-26(14-12-25)44-33(35,36)37/h1-2,5-14,28,30,41-42H,3-4,15-22H2,(H,38,43). The van der Waals surface area contributed by atoms with E-state index in [1.54, 1.807) is 42.5 Å². The number of hydrogen-bond donors (Lipinski definition) is 3. The Kier molecular flexibility index (Phi) is 9.92. The number of alkyl halides is 3. The second-order valence-electron chi connectivity index (χ2n) is 11.8. The summed E-state index contributed by atoms with van der Waals surface area (Å²) in [5.41, 5.74) is 1.71. The number of nitrogens with one attached hydrogen (secondary N) is 1. The summed E-state index contributed by atoms with van der Waals surface area (Å²) < 4.78 is 42.0. The van der Waals surface area contributed by atoms with Gasteiger partial charge in [0.25, 0.3) is 5.91 Å². The van der Waals surface area contributed by atoms with Crippen molar-refractivity contribution in [3.05, 3.63) is 88.9 Å². The molecule has 0 radical (unpaired) electrons. The Balaban J connectivity index is 1.30. The van der Waals surface area contributed by atoms with E-state index in [1.807, 2.05) is 12.1 Å². The second kappa shape index (κ2) is 13.7. The van der Waals surface area contributed by atoms with Crippen molar-refractivity contribution in [3.63, 3.8) is 0 Å². The molecule has 3 aromatic rings. The maximum Gasteiger partial charge on any atom is 0.573 e. The van der Waals surface area contributed by atoms with E-state index in [9.17, 15) is 28.2 Å². The van der Waals surface area contributed by atoms with Crippen molar-refractivity contribution < 1.29 is 32.9 Å². The van der Waals surface area contributed by atoms with Gasteiger partial charge in [0, 0.05) is 48.3 Å². The number of rotatable bonds is 9. The number of phenols is 1. The maximum atomic E-state index is 12.8. The van der Waals surface area contributed by atoms with Gasteiger partial charge < -0.3 is 25.2 Å². The van der Waals surface area contributed by atoms with Crippen molar-refractivity contribution in [1.29, 1.82) is 0 Å². The van der Waals surface area contributed by atoms with Gasteiger partial charge >= 0.3 is 6.36 Å². The summed E-state index contributed by atoms with van der Waals surface area (Å²) in [6, 6.07) is 19.2. The number of carbonyl (C=O) groups excluding carboxylic acids is 1. The van der Waals surface area contributed by atoms with Crippen LogP contribution >= 0.6 is 11.6 Å². The summed E-state index contributed by atoms with van der Waals surface area (Å²) in [4.78, 5) is 17.3. The van der Waals surface area contributed by atoms with Crippen LogP contribution in [0.2, 0.25) is 5.02 Å². The van der Waals surface area contributed by atoms with Gasteiger partial charge in [-0.25, -0.2) is 0 Å². The van der Waals surface area contributed by atoms with Crippen LogP contribution in [-0.2, 0) is 0 Å². The summed E-state index contributed by atoms with van der Waals surface area (Å²) in [6.45, 7) is 3.37. The summed E-state index contributed by atoms with van der Waals surface area (Å²) in [5, 5.41) is 25.2. The fraction of sp³-hybridized carbons (Fsp3) is 0.424. The minimum Gasteiger partial charge on any atom is -0.507 e. The summed E-state index contributed by atoms with van der Waals surface area (Å²) in [7, 11) is 0. The highest BCUT2D eigenvalue weighted by Gasteiger charge is 2.42. The number of nitrogens with zero attached hydrogens (tertiary/aromatic N) is 2. The number of aromatic hydroxyl groups is 1. The van der Waals surface area contributed by atoms with Crippen LogP contribution in [0.15, 0.2) is 72.8 Å². The van der Waals surface area contributed by atoms with Crippen molar-refractivity contribution in [3.8, 4) is 11.5 Å². The van der Waals surface area contributed by atoms with E-state index in [-0.39, 0.29) is 34.4 Å². The Labute approximate surface area is 260 Å². The number of carbonyl (C=O) groups is 1. The first-order valence-corrected chi connectivity index (χ1v) is 15.2. The van der Waals surface area contributed by atoms with Crippen LogP contribution in [0.1, 0.15) is 54.1 Å². The van der Waals surface area contributed by atoms with E-state index in [1.165, 1.54) is 18.2 Å². The molecule has 2 aliphatic rings. The van der Waals surface area contributed by atoms with E-state index >= 15 is 0 Å². The van der Waals surface area contributed by atoms with Crippen LogP contribution in [0.4, 0.5) is 18.9 Å². The first-order chi connectivity index (χ1) is 21.0. The first-order valence-electron chi connectivity index (χ1n) is 14.9. The monoisotopic (exact) mass is 631 g/mol. The zero-order chi connectivity index (χ0) is 31.3. The molecule has 3 atom stereocenters. The van der Waals surface area contributed by atoms with E-state index in [2.05, 4.69) is 19.9 Å². The Morgan fingerprint density at radius 1 is 0.977 bits per heavy atom. The van der Waals surface area contributed by atoms with Crippen LogP contribution in [0.25, 0.3) is 0 Å². The smallest absolute Gasteiger partial charge is 0.507 e. The normalized spacial score (nSPS) is 20.7. The van der Waals surface area contributed by atoms with Crippen LogP contribution in [0.3, 0.4) is 0 Å². The van der Waals surface area contributed by atoms with Crippen LogP contribution in [0, 0.1) is 5.41 Å². The Bertz CT molecular complexity index is 1400. The third kappa shape index (κ3) is 7.97. The molecule has 2 saturated heterocycles. The summed E-state index contributed by atoms with van der Waals surface area (Å²) >= 11 is 6.11. The van der Waals surface area contributed by atoms with Gasteiger partial charge in [-0.15, -0.1) is 13.2 Å². The number of benzene rings is 3. The molecule has 11 heteroatoms. The molecule has 2 heterocycles. The van der Waals surface area contributed by atoms with Crippen molar-refractivity contribution in [2.24, 2.45) is 5.41 Å². The Morgan fingerprint density at radius 2 is 1.66 bits per heavy atom. The number of phenolic OH excluding ortho intramolecular Hbond substituents is 1. The van der Waals surface area contributed by atoms with Crippen LogP contribution < -0.4 is 15.0 Å². The van der Waals surface area contributed by atoms with Crippen LogP contribution in [0.5, 0.6) is 11.5 Å². The van der Waals surface area contributed by atoms with Crippen LogP contribution in [-0.4, -0.2) is 66.1 Å². The molecule has 3 N–H and O–H groups in total. The lowest BCUT2D eigenvalue weighted by molar-refractivity contribution is -0.274. The average Bonchev–Trinajstić information content (AvgIpc) is 2.99. The van der Waals surface area contributed by atoms with Crippen molar-refractivity contribution in [2.45, 2.75) is 50.6 Å². The number of ether oxygens (including phenoxy) is 1. The minimum absolute atomic E-state index is 0.0608. The van der Waals surface area contributed by atoms with Gasteiger partial charge in [0.15, 0.2) is 0 Å². The molecule has 0 bridgehead atoms. The highest BCUT2D eigenvalue weighted by Crippen LogP contribution is 2.42. The third-order valence-corrected chi connectivity index (χ3v) is 8.96. The van der Waals surface area contributed by atoms with E-state index in [0.717, 1.165) is 63.1 Å². The number of hydrogen-bond acceptors (Lipinski definition) is 6. The number of piperidine rings is 2. The molecular formula is C33H37ClF3N3O4. The first kappa shape index (κ1) is 31.9. The number of para-hydroxylation sites is 1. The lowest BCUT2D eigenvalue weighted by atomic mass is 9.73. The number of anilines is 1.